The Balaban J connectivity index is 2.69. The molecule has 0 fully saturated rings. The van der Waals surface area contributed by atoms with E-state index < -0.39 is 0 Å². The van der Waals surface area contributed by atoms with Crippen LogP contribution in [-0.2, 0) is 0 Å². The summed E-state index contributed by atoms with van der Waals surface area (Å²) in [5.74, 6) is 0.897. The van der Waals surface area contributed by atoms with Crippen LogP contribution in [0.1, 0.15) is 30.6 Å². The fraction of sp³-hybridized carbons (Fsp3) is 0.462. The average Bonchev–Trinajstić information content (AvgIpc) is 2.25. The van der Waals surface area contributed by atoms with Gasteiger partial charge in [0, 0.05) is 18.5 Å². The van der Waals surface area contributed by atoms with E-state index in [-0.39, 0.29) is 11.9 Å². The van der Waals surface area contributed by atoms with E-state index in [1.807, 2.05) is 39.1 Å². The van der Waals surface area contributed by atoms with Gasteiger partial charge >= 0.3 is 0 Å². The van der Waals surface area contributed by atoms with Gasteiger partial charge in [0.25, 0.3) is 0 Å². The Labute approximate surface area is 96.8 Å². The molecular weight excluding hydrogens is 202 g/mol. The summed E-state index contributed by atoms with van der Waals surface area (Å²) in [6, 6.07) is 7.35. The van der Waals surface area contributed by atoms with Gasteiger partial charge in [-0.25, -0.2) is 0 Å². The molecular formula is C13H19NO2. The fourth-order valence-electron chi connectivity index (χ4n) is 1.40. The van der Waals surface area contributed by atoms with Crippen LogP contribution in [0, 0.1) is 0 Å². The highest BCUT2D eigenvalue weighted by Crippen LogP contribution is 2.15. The third-order valence-corrected chi connectivity index (χ3v) is 2.13. The predicted molar refractivity (Wildman–Crippen MR) is 65.1 cm³/mol. The van der Waals surface area contributed by atoms with Gasteiger partial charge in [0.05, 0.1) is 6.10 Å². The monoisotopic (exact) mass is 221 g/mol. The highest BCUT2D eigenvalue weighted by molar-refractivity contribution is 5.96. The summed E-state index contributed by atoms with van der Waals surface area (Å²) in [4.78, 5) is 11.7. The zero-order valence-corrected chi connectivity index (χ0v) is 10.1. The largest absolute Gasteiger partial charge is 0.491 e. The van der Waals surface area contributed by atoms with Crippen LogP contribution >= 0.6 is 0 Å². The van der Waals surface area contributed by atoms with Crippen LogP contribution in [0.15, 0.2) is 24.3 Å². The summed E-state index contributed by atoms with van der Waals surface area (Å²) in [7, 11) is 1.84. The number of carbonyl (C=O) groups excluding carboxylic acids is 1. The molecule has 0 spiro atoms. The van der Waals surface area contributed by atoms with Crippen LogP contribution in [0.2, 0.25) is 0 Å². The van der Waals surface area contributed by atoms with Crippen LogP contribution in [0.5, 0.6) is 5.75 Å². The van der Waals surface area contributed by atoms with Gasteiger partial charge in [-0.05, 0) is 33.0 Å². The lowest BCUT2D eigenvalue weighted by atomic mass is 10.1. The van der Waals surface area contributed by atoms with Gasteiger partial charge in [-0.3, -0.25) is 4.79 Å². The number of ether oxygens (including phenoxy) is 1. The molecule has 3 heteroatoms. The molecule has 0 amide bonds. The van der Waals surface area contributed by atoms with Crippen molar-refractivity contribution in [3.05, 3.63) is 29.8 Å². The Morgan fingerprint density at radius 2 is 2.19 bits per heavy atom. The van der Waals surface area contributed by atoms with E-state index in [0.717, 1.165) is 5.75 Å². The van der Waals surface area contributed by atoms with E-state index in [4.69, 9.17) is 4.74 Å². The number of rotatable bonds is 6. The van der Waals surface area contributed by atoms with E-state index in [2.05, 4.69) is 5.32 Å². The van der Waals surface area contributed by atoms with Crippen LogP contribution in [0.25, 0.3) is 0 Å². The lowest BCUT2D eigenvalue weighted by molar-refractivity contribution is 0.0982. The van der Waals surface area contributed by atoms with E-state index in [1.165, 1.54) is 0 Å². The first kappa shape index (κ1) is 12.7. The van der Waals surface area contributed by atoms with Crippen molar-refractivity contribution in [1.29, 1.82) is 0 Å². The first-order chi connectivity index (χ1) is 7.63. The van der Waals surface area contributed by atoms with Crippen molar-refractivity contribution in [3.8, 4) is 5.75 Å². The molecule has 1 N–H and O–H groups in total. The van der Waals surface area contributed by atoms with Crippen molar-refractivity contribution in [3.63, 3.8) is 0 Å². The van der Waals surface area contributed by atoms with Crippen molar-refractivity contribution < 1.29 is 9.53 Å². The molecule has 1 rings (SSSR count). The maximum absolute atomic E-state index is 11.7. The first-order valence-electron chi connectivity index (χ1n) is 5.58. The molecule has 3 nitrogen and oxygen atoms in total. The van der Waals surface area contributed by atoms with Gasteiger partial charge in [-0.1, -0.05) is 12.1 Å². The van der Waals surface area contributed by atoms with Gasteiger partial charge in [-0.15, -0.1) is 0 Å². The smallest absolute Gasteiger partial charge is 0.164 e. The molecule has 88 valence electrons. The van der Waals surface area contributed by atoms with Crippen molar-refractivity contribution in [2.24, 2.45) is 0 Å². The van der Waals surface area contributed by atoms with E-state index in [0.29, 0.717) is 18.5 Å². The third kappa shape index (κ3) is 4.03. The van der Waals surface area contributed by atoms with Crippen LogP contribution in [-0.4, -0.2) is 25.5 Å². The van der Waals surface area contributed by atoms with Crippen LogP contribution in [0.4, 0.5) is 0 Å². The standard InChI is InChI=1S/C13H19NO2/c1-10(2)16-12-6-4-5-11(9-12)13(15)7-8-14-3/h4-6,9-10,14H,7-8H2,1-3H3. The molecule has 0 heterocycles. The SMILES string of the molecule is CNCCC(=O)c1cccc(OC(C)C)c1. The van der Waals surface area contributed by atoms with Crippen molar-refractivity contribution >= 4 is 5.78 Å². The van der Waals surface area contributed by atoms with E-state index >= 15 is 0 Å². The van der Waals surface area contributed by atoms with E-state index in [9.17, 15) is 4.79 Å². The molecule has 0 aliphatic carbocycles. The second kappa shape index (κ2) is 6.28. The molecule has 1 aromatic rings. The fourth-order valence-corrected chi connectivity index (χ4v) is 1.40. The lowest BCUT2D eigenvalue weighted by Gasteiger charge is -2.10. The Kier molecular flexibility index (Phi) is 4.99. The maximum Gasteiger partial charge on any atom is 0.164 e. The second-order valence-electron chi connectivity index (χ2n) is 3.97. The molecule has 0 aliphatic heterocycles. The number of carbonyl (C=O) groups is 1. The molecule has 0 unspecified atom stereocenters. The average molecular weight is 221 g/mol. The number of hydrogen-bond acceptors (Lipinski definition) is 3. The Hall–Kier alpha value is -1.35. The Morgan fingerprint density at radius 1 is 1.44 bits per heavy atom. The summed E-state index contributed by atoms with van der Waals surface area (Å²) >= 11 is 0. The highest BCUT2D eigenvalue weighted by Gasteiger charge is 2.06. The second-order valence-corrected chi connectivity index (χ2v) is 3.97. The molecule has 0 aliphatic rings. The molecule has 16 heavy (non-hydrogen) atoms. The molecule has 0 atom stereocenters. The minimum atomic E-state index is 0.127. The molecule has 0 saturated heterocycles. The molecule has 0 bridgehead atoms. The minimum absolute atomic E-state index is 0.127. The Morgan fingerprint density at radius 3 is 2.81 bits per heavy atom. The first-order valence-corrected chi connectivity index (χ1v) is 5.58. The lowest BCUT2D eigenvalue weighted by Crippen LogP contribution is -2.13. The molecule has 0 aromatic heterocycles. The highest BCUT2D eigenvalue weighted by atomic mass is 16.5. The summed E-state index contributed by atoms with van der Waals surface area (Å²) in [6.07, 6.45) is 0.643. The summed E-state index contributed by atoms with van der Waals surface area (Å²) in [6.45, 7) is 4.64. The summed E-state index contributed by atoms with van der Waals surface area (Å²) in [5.41, 5.74) is 0.716. The zero-order chi connectivity index (χ0) is 12.0. The van der Waals surface area contributed by atoms with E-state index in [1.54, 1.807) is 6.07 Å². The van der Waals surface area contributed by atoms with Gasteiger partial charge in [0.15, 0.2) is 5.78 Å². The number of hydrogen-bond donors (Lipinski definition) is 1. The maximum atomic E-state index is 11.7. The number of benzene rings is 1. The third-order valence-electron chi connectivity index (χ3n) is 2.13. The van der Waals surface area contributed by atoms with Gasteiger partial charge in [0.1, 0.15) is 5.75 Å². The number of Topliss-reactive ketones (excluding diaryl/α,β-unsaturated/α-hetero) is 1. The van der Waals surface area contributed by atoms with Gasteiger partial charge < -0.3 is 10.1 Å². The van der Waals surface area contributed by atoms with Crippen LogP contribution < -0.4 is 10.1 Å². The van der Waals surface area contributed by atoms with Gasteiger partial charge in [0.2, 0.25) is 0 Å². The summed E-state index contributed by atoms with van der Waals surface area (Å²) < 4.78 is 5.54. The quantitative estimate of drug-likeness (QED) is 0.749. The molecule has 0 radical (unpaired) electrons. The normalized spacial score (nSPS) is 10.5. The number of nitrogens with one attached hydrogen (secondary N) is 1. The van der Waals surface area contributed by atoms with Crippen molar-refractivity contribution in [1.82, 2.24) is 5.32 Å². The predicted octanol–water partition coefficient (Wildman–Crippen LogP) is 2.27. The molecule has 0 saturated carbocycles. The molecule has 1 aromatic carbocycles. The minimum Gasteiger partial charge on any atom is -0.491 e. The number of ketones is 1. The topological polar surface area (TPSA) is 38.3 Å². The zero-order valence-electron chi connectivity index (χ0n) is 10.1. The van der Waals surface area contributed by atoms with Gasteiger partial charge in [-0.2, -0.15) is 0 Å². The Bertz CT molecular complexity index is 348. The summed E-state index contributed by atoms with van der Waals surface area (Å²) in [5, 5.41) is 2.96. The van der Waals surface area contributed by atoms with Crippen LogP contribution in [0.3, 0.4) is 0 Å². The van der Waals surface area contributed by atoms with Crippen molar-refractivity contribution in [2.75, 3.05) is 13.6 Å². The van der Waals surface area contributed by atoms with Crippen molar-refractivity contribution in [2.45, 2.75) is 26.4 Å².